The molecule has 17 heavy (non-hydrogen) atoms. The normalized spacial score (nSPS) is 11.5. The van der Waals surface area contributed by atoms with Gasteiger partial charge in [0.05, 0.1) is 0 Å². The van der Waals surface area contributed by atoms with Crippen molar-refractivity contribution in [1.29, 1.82) is 0 Å². The molecule has 5 heteroatoms. The zero-order valence-electron chi connectivity index (χ0n) is 9.97. The highest BCUT2D eigenvalue weighted by molar-refractivity contribution is 5.53. The van der Waals surface area contributed by atoms with Gasteiger partial charge in [0.15, 0.2) is 5.75 Å². The largest absolute Gasteiger partial charge is 0.420 e. The Kier molecular flexibility index (Phi) is 2.85. The Morgan fingerprint density at radius 3 is 2.24 bits per heavy atom. The first kappa shape index (κ1) is 11.6. The van der Waals surface area contributed by atoms with Gasteiger partial charge in [-0.3, -0.25) is 0 Å². The molecule has 2 rings (SSSR count). The SMILES string of the molecule is CC(C)(C)c1nnc(-c2ccc(OO)cc2)o1. The Hall–Kier alpha value is -1.88. The highest BCUT2D eigenvalue weighted by Crippen LogP contribution is 2.26. The Balaban J connectivity index is 2.30. The van der Waals surface area contributed by atoms with Crippen molar-refractivity contribution in [3.63, 3.8) is 0 Å². The molecule has 0 aliphatic rings. The zero-order valence-corrected chi connectivity index (χ0v) is 9.97. The summed E-state index contributed by atoms with van der Waals surface area (Å²) >= 11 is 0. The second kappa shape index (κ2) is 4.18. The number of hydrogen-bond acceptors (Lipinski definition) is 5. The Morgan fingerprint density at radius 1 is 1.12 bits per heavy atom. The van der Waals surface area contributed by atoms with Gasteiger partial charge in [0.2, 0.25) is 11.8 Å². The van der Waals surface area contributed by atoms with E-state index in [-0.39, 0.29) is 5.41 Å². The van der Waals surface area contributed by atoms with Crippen molar-refractivity contribution in [3.05, 3.63) is 30.2 Å². The van der Waals surface area contributed by atoms with Crippen LogP contribution in [0.1, 0.15) is 26.7 Å². The first-order valence-corrected chi connectivity index (χ1v) is 5.26. The van der Waals surface area contributed by atoms with Crippen LogP contribution >= 0.6 is 0 Å². The zero-order chi connectivity index (χ0) is 12.5. The minimum atomic E-state index is -0.167. The van der Waals surface area contributed by atoms with Gasteiger partial charge in [0.1, 0.15) is 0 Å². The molecule has 5 nitrogen and oxygen atoms in total. The van der Waals surface area contributed by atoms with Crippen LogP contribution in [0.4, 0.5) is 0 Å². The second-order valence-corrected chi connectivity index (χ2v) is 4.78. The maximum Gasteiger partial charge on any atom is 0.247 e. The molecule has 0 spiro atoms. The first-order valence-electron chi connectivity index (χ1n) is 5.26. The smallest absolute Gasteiger partial charge is 0.247 e. The lowest BCUT2D eigenvalue weighted by Gasteiger charge is -2.10. The molecule has 0 atom stereocenters. The average molecular weight is 234 g/mol. The quantitative estimate of drug-likeness (QED) is 0.639. The molecule has 2 aromatic rings. The topological polar surface area (TPSA) is 68.4 Å². The van der Waals surface area contributed by atoms with E-state index in [4.69, 9.17) is 9.67 Å². The molecule has 1 heterocycles. The highest BCUT2D eigenvalue weighted by atomic mass is 17.1. The summed E-state index contributed by atoms with van der Waals surface area (Å²) in [7, 11) is 0. The lowest BCUT2D eigenvalue weighted by atomic mass is 9.97. The summed E-state index contributed by atoms with van der Waals surface area (Å²) in [5.74, 6) is 1.42. The monoisotopic (exact) mass is 234 g/mol. The van der Waals surface area contributed by atoms with Gasteiger partial charge in [0.25, 0.3) is 0 Å². The average Bonchev–Trinajstić information content (AvgIpc) is 2.78. The van der Waals surface area contributed by atoms with Gasteiger partial charge >= 0.3 is 0 Å². The number of hydrogen-bond donors (Lipinski definition) is 1. The first-order chi connectivity index (χ1) is 8.00. The minimum Gasteiger partial charge on any atom is -0.420 e. The number of aromatic nitrogens is 2. The molecule has 0 radical (unpaired) electrons. The molecular weight excluding hydrogens is 220 g/mol. The summed E-state index contributed by atoms with van der Waals surface area (Å²) in [6.45, 7) is 6.02. The maximum absolute atomic E-state index is 8.46. The van der Waals surface area contributed by atoms with Crippen molar-refractivity contribution in [2.24, 2.45) is 0 Å². The molecule has 0 aliphatic carbocycles. The summed E-state index contributed by atoms with van der Waals surface area (Å²) in [4.78, 5) is 4.10. The van der Waals surface area contributed by atoms with E-state index in [2.05, 4.69) is 15.1 Å². The molecule has 0 saturated heterocycles. The van der Waals surface area contributed by atoms with Gasteiger partial charge in [-0.2, -0.15) is 0 Å². The fourth-order valence-electron chi connectivity index (χ4n) is 1.30. The molecule has 0 aliphatic heterocycles. The van der Waals surface area contributed by atoms with Gasteiger partial charge in [0, 0.05) is 11.0 Å². The van der Waals surface area contributed by atoms with Crippen LogP contribution in [0.3, 0.4) is 0 Å². The summed E-state index contributed by atoms with van der Waals surface area (Å²) in [5, 5.41) is 16.5. The fourth-order valence-corrected chi connectivity index (χ4v) is 1.30. The summed E-state index contributed by atoms with van der Waals surface area (Å²) < 4.78 is 5.58. The van der Waals surface area contributed by atoms with E-state index in [1.807, 2.05) is 20.8 Å². The summed E-state index contributed by atoms with van der Waals surface area (Å²) in [5.41, 5.74) is 0.619. The van der Waals surface area contributed by atoms with E-state index in [1.54, 1.807) is 24.3 Å². The predicted molar refractivity (Wildman–Crippen MR) is 61.7 cm³/mol. The van der Waals surface area contributed by atoms with E-state index in [9.17, 15) is 0 Å². The number of nitrogens with zero attached hydrogens (tertiary/aromatic N) is 2. The van der Waals surface area contributed by atoms with Crippen molar-refractivity contribution < 1.29 is 14.6 Å². The van der Waals surface area contributed by atoms with Gasteiger partial charge in [-0.05, 0) is 24.3 Å². The third kappa shape index (κ3) is 2.45. The molecule has 0 bridgehead atoms. The number of rotatable bonds is 2. The molecular formula is C12H14N2O3. The van der Waals surface area contributed by atoms with Crippen LogP contribution in [-0.4, -0.2) is 15.5 Å². The van der Waals surface area contributed by atoms with Crippen molar-refractivity contribution in [2.45, 2.75) is 26.2 Å². The van der Waals surface area contributed by atoms with Crippen LogP contribution in [0.25, 0.3) is 11.5 Å². The van der Waals surface area contributed by atoms with Crippen molar-refractivity contribution in [1.82, 2.24) is 10.2 Å². The molecule has 0 saturated carbocycles. The molecule has 1 N–H and O–H groups in total. The Morgan fingerprint density at radius 2 is 1.76 bits per heavy atom. The van der Waals surface area contributed by atoms with Crippen molar-refractivity contribution in [3.8, 4) is 17.2 Å². The van der Waals surface area contributed by atoms with Gasteiger partial charge < -0.3 is 9.30 Å². The highest BCUT2D eigenvalue weighted by Gasteiger charge is 2.21. The molecule has 0 unspecified atom stereocenters. The maximum atomic E-state index is 8.46. The van der Waals surface area contributed by atoms with Gasteiger partial charge in [-0.1, -0.05) is 20.8 Å². The Labute approximate surface area is 99.0 Å². The van der Waals surface area contributed by atoms with Crippen LogP contribution in [-0.2, 0) is 5.41 Å². The van der Waals surface area contributed by atoms with E-state index < -0.39 is 0 Å². The molecule has 0 amide bonds. The summed E-state index contributed by atoms with van der Waals surface area (Å²) in [6.07, 6.45) is 0. The van der Waals surface area contributed by atoms with E-state index in [0.29, 0.717) is 17.5 Å². The van der Waals surface area contributed by atoms with E-state index >= 15 is 0 Å². The van der Waals surface area contributed by atoms with E-state index in [1.165, 1.54) is 0 Å². The molecule has 90 valence electrons. The van der Waals surface area contributed by atoms with Gasteiger partial charge in [-0.25, -0.2) is 5.26 Å². The standard InChI is InChI=1S/C12H14N2O3/c1-12(2,3)11-14-13-10(16-11)8-4-6-9(17-15)7-5-8/h4-7,15H,1-3H3. The summed E-state index contributed by atoms with van der Waals surface area (Å²) in [6, 6.07) is 6.73. The Bertz CT molecular complexity index is 497. The van der Waals surface area contributed by atoms with Crippen LogP contribution in [0.5, 0.6) is 5.75 Å². The van der Waals surface area contributed by atoms with Crippen LogP contribution < -0.4 is 4.89 Å². The van der Waals surface area contributed by atoms with Crippen molar-refractivity contribution >= 4 is 0 Å². The second-order valence-electron chi connectivity index (χ2n) is 4.78. The third-order valence-electron chi connectivity index (χ3n) is 2.27. The lowest BCUT2D eigenvalue weighted by Crippen LogP contribution is -2.11. The minimum absolute atomic E-state index is 0.167. The van der Waals surface area contributed by atoms with Crippen LogP contribution in [0.15, 0.2) is 28.7 Å². The van der Waals surface area contributed by atoms with Crippen molar-refractivity contribution in [2.75, 3.05) is 0 Å². The molecule has 1 aromatic heterocycles. The van der Waals surface area contributed by atoms with Crippen LogP contribution in [0, 0.1) is 0 Å². The fraction of sp³-hybridized carbons (Fsp3) is 0.333. The molecule has 0 fully saturated rings. The number of benzene rings is 1. The predicted octanol–water partition coefficient (Wildman–Crippen LogP) is 2.89. The molecule has 1 aromatic carbocycles. The van der Waals surface area contributed by atoms with E-state index in [0.717, 1.165) is 5.56 Å². The van der Waals surface area contributed by atoms with Gasteiger partial charge in [-0.15, -0.1) is 10.2 Å². The lowest BCUT2D eigenvalue weighted by molar-refractivity contribution is -0.137. The third-order valence-corrected chi connectivity index (χ3v) is 2.27. The van der Waals surface area contributed by atoms with Crippen LogP contribution in [0.2, 0.25) is 0 Å².